The number of hydrogen-bond acceptors (Lipinski definition) is 4. The highest BCUT2D eigenvalue weighted by molar-refractivity contribution is 6.33. The second kappa shape index (κ2) is 9.04. The first kappa shape index (κ1) is 18.7. The van der Waals surface area contributed by atoms with Gasteiger partial charge >= 0.3 is 0 Å². The van der Waals surface area contributed by atoms with Gasteiger partial charge in [0.05, 0.1) is 24.4 Å². The van der Waals surface area contributed by atoms with Gasteiger partial charge in [-0.3, -0.25) is 0 Å². The van der Waals surface area contributed by atoms with Gasteiger partial charge in [-0.25, -0.2) is 0 Å². The van der Waals surface area contributed by atoms with Crippen molar-refractivity contribution in [1.29, 1.82) is 0 Å². The number of hydrogen-bond donors (Lipinski definition) is 1. The van der Waals surface area contributed by atoms with Crippen LogP contribution in [-0.2, 0) is 6.54 Å². The van der Waals surface area contributed by atoms with Crippen LogP contribution in [0.2, 0.25) is 5.02 Å². The van der Waals surface area contributed by atoms with Crippen LogP contribution in [0.3, 0.4) is 0 Å². The molecule has 3 rings (SSSR count). The summed E-state index contributed by atoms with van der Waals surface area (Å²) in [5.74, 6) is 1.53. The molecule has 5 heteroatoms. The molecule has 1 saturated heterocycles. The zero-order chi connectivity index (χ0) is 18.4. The largest absolute Gasteiger partial charge is 0.493 e. The van der Waals surface area contributed by atoms with E-state index in [-0.39, 0.29) is 0 Å². The minimum absolute atomic E-state index is 0.612. The molecule has 0 aliphatic carbocycles. The van der Waals surface area contributed by atoms with E-state index in [2.05, 4.69) is 22.3 Å². The molecule has 0 atom stereocenters. The van der Waals surface area contributed by atoms with Crippen LogP contribution in [-0.4, -0.2) is 26.8 Å². The summed E-state index contributed by atoms with van der Waals surface area (Å²) in [4.78, 5) is 2.38. The topological polar surface area (TPSA) is 33.7 Å². The van der Waals surface area contributed by atoms with Crippen LogP contribution in [0.4, 0.5) is 11.4 Å². The molecule has 2 aromatic rings. The average Bonchev–Trinajstić information content (AvgIpc) is 2.67. The summed E-state index contributed by atoms with van der Waals surface area (Å²) in [5.41, 5.74) is 3.29. The highest BCUT2D eigenvalue weighted by atomic mass is 35.5. The maximum atomic E-state index is 6.53. The van der Waals surface area contributed by atoms with Gasteiger partial charge in [-0.1, -0.05) is 17.7 Å². The molecule has 4 nitrogen and oxygen atoms in total. The Hall–Kier alpha value is -2.07. The summed E-state index contributed by atoms with van der Waals surface area (Å²) >= 11 is 6.53. The average molecular weight is 375 g/mol. The molecule has 1 fully saturated rings. The van der Waals surface area contributed by atoms with Gasteiger partial charge < -0.3 is 19.7 Å². The number of piperidine rings is 1. The number of nitrogens with one attached hydrogen (secondary N) is 1. The van der Waals surface area contributed by atoms with Crippen molar-refractivity contribution in [3.8, 4) is 11.5 Å². The minimum Gasteiger partial charge on any atom is -0.493 e. The van der Waals surface area contributed by atoms with Gasteiger partial charge in [-0.2, -0.15) is 0 Å². The van der Waals surface area contributed by atoms with E-state index in [0.717, 1.165) is 46.5 Å². The second-order valence-corrected chi connectivity index (χ2v) is 6.89. The molecular formula is C21H27ClN2O2. The summed E-state index contributed by atoms with van der Waals surface area (Å²) in [7, 11) is 1.65. The zero-order valence-corrected chi connectivity index (χ0v) is 16.3. The second-order valence-electron chi connectivity index (χ2n) is 6.49. The summed E-state index contributed by atoms with van der Waals surface area (Å²) in [6, 6.07) is 12.2. The number of halogens is 1. The van der Waals surface area contributed by atoms with Crippen LogP contribution >= 0.6 is 11.6 Å². The van der Waals surface area contributed by atoms with Gasteiger partial charge in [0.15, 0.2) is 11.5 Å². The molecule has 0 aromatic heterocycles. The SMILES string of the molecule is CCOc1cc(CNc2ccc(N3CCCCC3)c(Cl)c2)ccc1OC. The third-order valence-corrected chi connectivity index (χ3v) is 4.97. The summed E-state index contributed by atoms with van der Waals surface area (Å²) < 4.78 is 11.0. The Morgan fingerprint density at radius 3 is 2.54 bits per heavy atom. The Balaban J connectivity index is 1.66. The molecule has 26 heavy (non-hydrogen) atoms. The first-order valence-corrected chi connectivity index (χ1v) is 9.67. The quantitative estimate of drug-likeness (QED) is 0.708. The smallest absolute Gasteiger partial charge is 0.161 e. The Bertz CT molecular complexity index is 730. The van der Waals surface area contributed by atoms with Crippen LogP contribution in [0.15, 0.2) is 36.4 Å². The van der Waals surface area contributed by atoms with E-state index in [9.17, 15) is 0 Å². The van der Waals surface area contributed by atoms with Crippen molar-refractivity contribution in [2.45, 2.75) is 32.7 Å². The van der Waals surface area contributed by atoms with Gasteiger partial charge in [0.1, 0.15) is 0 Å². The van der Waals surface area contributed by atoms with Crippen LogP contribution in [0.1, 0.15) is 31.7 Å². The number of benzene rings is 2. The van der Waals surface area contributed by atoms with E-state index in [0.29, 0.717) is 13.2 Å². The minimum atomic E-state index is 0.612. The standard InChI is InChI=1S/C21H27ClN2O2/c1-3-26-21-13-16(7-10-20(21)25-2)15-23-17-8-9-19(18(22)14-17)24-11-5-4-6-12-24/h7-10,13-14,23H,3-6,11-12,15H2,1-2H3. The molecule has 0 spiro atoms. The third-order valence-electron chi connectivity index (χ3n) is 4.67. The number of methoxy groups -OCH3 is 1. The Morgan fingerprint density at radius 2 is 1.85 bits per heavy atom. The molecule has 0 bridgehead atoms. The van der Waals surface area contributed by atoms with Gasteiger partial charge in [-0.05, 0) is 62.1 Å². The summed E-state index contributed by atoms with van der Waals surface area (Å²) in [6.45, 7) is 5.47. The first-order chi connectivity index (χ1) is 12.7. The molecule has 2 aromatic carbocycles. The van der Waals surface area contributed by atoms with Crippen molar-refractivity contribution >= 4 is 23.0 Å². The summed E-state index contributed by atoms with van der Waals surface area (Å²) in [6.07, 6.45) is 3.81. The number of rotatable bonds is 7. The van der Waals surface area contributed by atoms with E-state index in [1.165, 1.54) is 19.3 Å². The van der Waals surface area contributed by atoms with E-state index >= 15 is 0 Å². The molecule has 1 aliphatic rings. The highest BCUT2D eigenvalue weighted by Gasteiger charge is 2.14. The Kier molecular flexibility index (Phi) is 6.51. The fourth-order valence-corrected chi connectivity index (χ4v) is 3.61. The predicted molar refractivity (Wildman–Crippen MR) is 109 cm³/mol. The molecule has 1 N–H and O–H groups in total. The van der Waals surface area contributed by atoms with E-state index in [4.69, 9.17) is 21.1 Å². The Labute approximate surface area is 161 Å². The normalized spacial score (nSPS) is 14.2. The van der Waals surface area contributed by atoms with E-state index < -0.39 is 0 Å². The Morgan fingerprint density at radius 1 is 1.04 bits per heavy atom. The lowest BCUT2D eigenvalue weighted by atomic mass is 10.1. The molecule has 140 valence electrons. The van der Waals surface area contributed by atoms with E-state index in [1.54, 1.807) is 7.11 Å². The zero-order valence-electron chi connectivity index (χ0n) is 15.6. The molecule has 1 heterocycles. The van der Waals surface area contributed by atoms with Crippen molar-refractivity contribution < 1.29 is 9.47 Å². The molecule has 0 saturated carbocycles. The maximum absolute atomic E-state index is 6.53. The van der Waals surface area contributed by atoms with Gasteiger partial charge in [-0.15, -0.1) is 0 Å². The van der Waals surface area contributed by atoms with Crippen molar-refractivity contribution in [3.63, 3.8) is 0 Å². The number of anilines is 2. The number of ether oxygens (including phenoxy) is 2. The molecule has 0 unspecified atom stereocenters. The van der Waals surface area contributed by atoms with Crippen molar-refractivity contribution in [2.75, 3.05) is 37.0 Å². The molecule has 0 radical (unpaired) electrons. The first-order valence-electron chi connectivity index (χ1n) is 9.29. The lowest BCUT2D eigenvalue weighted by Crippen LogP contribution is -2.29. The van der Waals surface area contributed by atoms with Crippen LogP contribution in [0.5, 0.6) is 11.5 Å². The maximum Gasteiger partial charge on any atom is 0.161 e. The third kappa shape index (κ3) is 4.55. The predicted octanol–water partition coefficient (Wildman–Crippen LogP) is 5.35. The monoisotopic (exact) mass is 374 g/mol. The van der Waals surface area contributed by atoms with Crippen molar-refractivity contribution in [2.24, 2.45) is 0 Å². The van der Waals surface area contributed by atoms with Crippen molar-refractivity contribution in [3.05, 3.63) is 47.0 Å². The highest BCUT2D eigenvalue weighted by Crippen LogP contribution is 2.32. The van der Waals surface area contributed by atoms with E-state index in [1.807, 2.05) is 31.2 Å². The van der Waals surface area contributed by atoms with Gasteiger partial charge in [0, 0.05) is 25.3 Å². The molecule has 1 aliphatic heterocycles. The van der Waals surface area contributed by atoms with Crippen LogP contribution < -0.4 is 19.7 Å². The van der Waals surface area contributed by atoms with Crippen molar-refractivity contribution in [1.82, 2.24) is 0 Å². The fraction of sp³-hybridized carbons (Fsp3) is 0.429. The number of nitrogens with zero attached hydrogens (tertiary/aromatic N) is 1. The fourth-order valence-electron chi connectivity index (χ4n) is 3.31. The molecular weight excluding hydrogens is 348 g/mol. The van der Waals surface area contributed by atoms with Gasteiger partial charge in [0.2, 0.25) is 0 Å². The van der Waals surface area contributed by atoms with Gasteiger partial charge in [0.25, 0.3) is 0 Å². The van der Waals surface area contributed by atoms with Crippen LogP contribution in [0.25, 0.3) is 0 Å². The summed E-state index contributed by atoms with van der Waals surface area (Å²) in [5, 5.41) is 4.25. The molecule has 0 amide bonds. The lowest BCUT2D eigenvalue weighted by Gasteiger charge is -2.29. The van der Waals surface area contributed by atoms with Crippen LogP contribution in [0, 0.1) is 0 Å². The lowest BCUT2D eigenvalue weighted by molar-refractivity contribution is 0.310.